The SMILES string of the molecule is COc1ccccc1OCCNC[C@H](O)COc1cccc2c1c1ccccc1n2C. The quantitative estimate of drug-likeness (QED) is 0.383. The Hall–Kier alpha value is -3.22. The van der Waals surface area contributed by atoms with Crippen LogP contribution < -0.4 is 19.5 Å². The van der Waals surface area contributed by atoms with Crippen LogP contribution in [0, 0.1) is 0 Å². The van der Waals surface area contributed by atoms with Crippen LogP contribution in [0.15, 0.2) is 66.7 Å². The molecule has 6 nitrogen and oxygen atoms in total. The van der Waals surface area contributed by atoms with Crippen molar-refractivity contribution in [2.45, 2.75) is 6.10 Å². The fourth-order valence-corrected chi connectivity index (χ4v) is 3.78. The molecule has 4 aromatic rings. The molecule has 31 heavy (non-hydrogen) atoms. The summed E-state index contributed by atoms with van der Waals surface area (Å²) >= 11 is 0. The molecule has 6 heteroatoms. The fourth-order valence-electron chi connectivity index (χ4n) is 3.78. The molecule has 1 aromatic heterocycles. The van der Waals surface area contributed by atoms with Gasteiger partial charge in [-0.15, -0.1) is 0 Å². The summed E-state index contributed by atoms with van der Waals surface area (Å²) in [5.41, 5.74) is 2.27. The van der Waals surface area contributed by atoms with Gasteiger partial charge in [-0.25, -0.2) is 0 Å². The highest BCUT2D eigenvalue weighted by molar-refractivity contribution is 6.11. The highest BCUT2D eigenvalue weighted by Crippen LogP contribution is 2.34. The summed E-state index contributed by atoms with van der Waals surface area (Å²) in [6.45, 7) is 1.71. The van der Waals surface area contributed by atoms with E-state index in [1.165, 1.54) is 0 Å². The van der Waals surface area contributed by atoms with E-state index in [4.69, 9.17) is 14.2 Å². The molecule has 0 aliphatic rings. The number of fused-ring (bicyclic) bond motifs is 3. The molecule has 0 fully saturated rings. The molecule has 0 bridgehead atoms. The maximum absolute atomic E-state index is 10.3. The summed E-state index contributed by atoms with van der Waals surface area (Å²) in [5.74, 6) is 2.20. The zero-order chi connectivity index (χ0) is 21.6. The third kappa shape index (κ3) is 4.60. The number of aromatic nitrogens is 1. The first-order valence-electron chi connectivity index (χ1n) is 10.4. The summed E-state index contributed by atoms with van der Waals surface area (Å²) in [6, 6.07) is 21.8. The van der Waals surface area contributed by atoms with Crippen molar-refractivity contribution in [1.29, 1.82) is 0 Å². The van der Waals surface area contributed by atoms with E-state index < -0.39 is 6.10 Å². The highest BCUT2D eigenvalue weighted by atomic mass is 16.5. The van der Waals surface area contributed by atoms with Crippen molar-refractivity contribution in [3.63, 3.8) is 0 Å². The maximum Gasteiger partial charge on any atom is 0.161 e. The lowest BCUT2D eigenvalue weighted by molar-refractivity contribution is 0.106. The lowest BCUT2D eigenvalue weighted by Gasteiger charge is -2.15. The van der Waals surface area contributed by atoms with Crippen LogP contribution in [0.25, 0.3) is 21.8 Å². The zero-order valence-electron chi connectivity index (χ0n) is 17.9. The lowest BCUT2D eigenvalue weighted by atomic mass is 10.1. The molecule has 0 saturated heterocycles. The van der Waals surface area contributed by atoms with Gasteiger partial charge in [0.05, 0.1) is 12.6 Å². The summed E-state index contributed by atoms with van der Waals surface area (Å²) in [7, 11) is 3.68. The van der Waals surface area contributed by atoms with Crippen molar-refractivity contribution in [3.8, 4) is 17.2 Å². The van der Waals surface area contributed by atoms with E-state index >= 15 is 0 Å². The van der Waals surface area contributed by atoms with Crippen LogP contribution in [0.4, 0.5) is 0 Å². The van der Waals surface area contributed by atoms with Crippen molar-refractivity contribution >= 4 is 21.8 Å². The van der Waals surface area contributed by atoms with E-state index in [1.54, 1.807) is 7.11 Å². The fraction of sp³-hybridized carbons (Fsp3) is 0.280. The Bertz CT molecular complexity index is 1150. The van der Waals surface area contributed by atoms with Crippen molar-refractivity contribution in [1.82, 2.24) is 9.88 Å². The Labute approximate surface area is 182 Å². The molecule has 0 aliphatic carbocycles. The molecule has 0 amide bonds. The van der Waals surface area contributed by atoms with Crippen molar-refractivity contribution in [2.24, 2.45) is 7.05 Å². The Morgan fingerprint density at radius 1 is 0.871 bits per heavy atom. The summed E-state index contributed by atoms with van der Waals surface area (Å²) in [5, 5.41) is 15.8. The van der Waals surface area contributed by atoms with Crippen molar-refractivity contribution in [2.75, 3.05) is 33.4 Å². The zero-order valence-corrected chi connectivity index (χ0v) is 17.9. The molecule has 4 rings (SSSR count). The summed E-state index contributed by atoms with van der Waals surface area (Å²) in [6.07, 6.45) is -0.628. The summed E-state index contributed by atoms with van der Waals surface area (Å²) in [4.78, 5) is 0. The molecule has 1 atom stereocenters. The number of rotatable bonds is 10. The van der Waals surface area contributed by atoms with Crippen LogP contribution in [0.3, 0.4) is 0 Å². The largest absolute Gasteiger partial charge is 0.493 e. The van der Waals surface area contributed by atoms with Crippen LogP contribution in [0.1, 0.15) is 0 Å². The summed E-state index contributed by atoms with van der Waals surface area (Å²) < 4.78 is 19.2. The molecule has 0 aliphatic heterocycles. The molecule has 0 unspecified atom stereocenters. The van der Waals surface area contributed by atoms with Crippen molar-refractivity contribution < 1.29 is 19.3 Å². The van der Waals surface area contributed by atoms with E-state index in [0.29, 0.717) is 31.2 Å². The number of aryl methyl sites for hydroxylation is 1. The molecular weight excluding hydrogens is 392 g/mol. The number of aliphatic hydroxyl groups excluding tert-OH is 1. The van der Waals surface area contributed by atoms with Gasteiger partial charge in [0.1, 0.15) is 25.1 Å². The third-order valence-corrected chi connectivity index (χ3v) is 5.32. The Balaban J connectivity index is 1.29. The minimum atomic E-state index is -0.628. The van der Waals surface area contributed by atoms with Gasteiger partial charge in [-0.05, 0) is 30.3 Å². The standard InChI is InChI=1S/C25H28N2O4/c1-27-20-9-4-3-8-19(20)25-21(27)10-7-13-24(25)31-17-18(28)16-26-14-15-30-23-12-6-5-11-22(23)29-2/h3-13,18,26,28H,14-17H2,1-2H3/t18-/m0/s1. The van der Waals surface area contributed by atoms with E-state index in [1.807, 2.05) is 48.5 Å². The average Bonchev–Trinajstić information content (AvgIpc) is 3.10. The van der Waals surface area contributed by atoms with Crippen molar-refractivity contribution in [3.05, 3.63) is 66.7 Å². The second-order valence-corrected chi connectivity index (χ2v) is 7.39. The molecule has 0 radical (unpaired) electrons. The molecule has 0 saturated carbocycles. The maximum atomic E-state index is 10.3. The van der Waals surface area contributed by atoms with E-state index in [0.717, 1.165) is 27.6 Å². The predicted octanol–water partition coefficient (Wildman–Crippen LogP) is 3.75. The number of nitrogens with one attached hydrogen (secondary N) is 1. The second-order valence-electron chi connectivity index (χ2n) is 7.39. The molecule has 0 spiro atoms. The number of benzene rings is 3. The molecular formula is C25H28N2O4. The van der Waals surface area contributed by atoms with Gasteiger partial charge >= 0.3 is 0 Å². The van der Waals surface area contributed by atoms with E-state index in [9.17, 15) is 5.11 Å². The van der Waals surface area contributed by atoms with Gasteiger partial charge in [0.2, 0.25) is 0 Å². The van der Waals surface area contributed by atoms with Crippen LogP contribution in [0.5, 0.6) is 17.2 Å². The first kappa shape index (κ1) is 21.0. The van der Waals surface area contributed by atoms with E-state index in [2.05, 4.69) is 35.1 Å². The van der Waals surface area contributed by atoms with Gasteiger partial charge in [0.25, 0.3) is 0 Å². The normalized spacial score (nSPS) is 12.2. The molecule has 2 N–H and O–H groups in total. The monoisotopic (exact) mass is 420 g/mol. The van der Waals surface area contributed by atoms with Gasteiger partial charge in [0, 0.05) is 36.4 Å². The smallest absolute Gasteiger partial charge is 0.161 e. The highest BCUT2D eigenvalue weighted by Gasteiger charge is 2.13. The predicted molar refractivity (Wildman–Crippen MR) is 123 cm³/mol. The Morgan fingerprint density at radius 2 is 1.58 bits per heavy atom. The van der Waals surface area contributed by atoms with Crippen LogP contribution >= 0.6 is 0 Å². The number of aliphatic hydroxyl groups is 1. The molecule has 3 aromatic carbocycles. The first-order valence-corrected chi connectivity index (χ1v) is 10.4. The minimum Gasteiger partial charge on any atom is -0.493 e. The number of methoxy groups -OCH3 is 1. The third-order valence-electron chi connectivity index (χ3n) is 5.32. The first-order chi connectivity index (χ1) is 15.2. The Kier molecular flexibility index (Phi) is 6.60. The minimum absolute atomic E-state index is 0.211. The average molecular weight is 421 g/mol. The Morgan fingerprint density at radius 3 is 2.42 bits per heavy atom. The van der Waals surface area contributed by atoms with Gasteiger partial charge in [-0.3, -0.25) is 0 Å². The van der Waals surface area contributed by atoms with Crippen LogP contribution in [0.2, 0.25) is 0 Å². The van der Waals surface area contributed by atoms with Crippen LogP contribution in [-0.2, 0) is 7.05 Å². The number of para-hydroxylation sites is 3. The molecule has 162 valence electrons. The van der Waals surface area contributed by atoms with Gasteiger partial charge in [0.15, 0.2) is 11.5 Å². The van der Waals surface area contributed by atoms with Crippen LogP contribution in [-0.4, -0.2) is 49.2 Å². The van der Waals surface area contributed by atoms with E-state index in [-0.39, 0.29) is 6.61 Å². The number of nitrogens with zero attached hydrogens (tertiary/aromatic N) is 1. The van der Waals surface area contributed by atoms with Gasteiger partial charge in [-0.1, -0.05) is 36.4 Å². The second kappa shape index (κ2) is 9.73. The van der Waals surface area contributed by atoms with Gasteiger partial charge in [-0.2, -0.15) is 0 Å². The number of hydrogen-bond acceptors (Lipinski definition) is 5. The molecule has 1 heterocycles. The number of hydrogen-bond donors (Lipinski definition) is 2. The lowest BCUT2D eigenvalue weighted by Crippen LogP contribution is -2.33. The number of ether oxygens (including phenoxy) is 3. The topological polar surface area (TPSA) is 64.9 Å². The van der Waals surface area contributed by atoms with Gasteiger partial charge < -0.3 is 29.2 Å².